The van der Waals surface area contributed by atoms with Crippen LogP contribution in [-0.4, -0.2) is 20.7 Å². The molecule has 27 heavy (non-hydrogen) atoms. The van der Waals surface area contributed by atoms with Crippen LogP contribution in [-0.2, 0) is 7.05 Å². The minimum Gasteiger partial charge on any atom is -0.325 e. The van der Waals surface area contributed by atoms with E-state index in [9.17, 15) is 4.79 Å². The molecule has 0 spiro atoms. The number of para-hydroxylation sites is 1. The molecule has 3 aromatic rings. The van der Waals surface area contributed by atoms with Crippen molar-refractivity contribution in [2.45, 2.75) is 6.92 Å². The highest BCUT2D eigenvalue weighted by atomic mass is 35.5. The van der Waals surface area contributed by atoms with Gasteiger partial charge >= 0.3 is 0 Å². The largest absolute Gasteiger partial charge is 0.325 e. The molecular weight excluding hydrogens is 382 g/mol. The Hall–Kier alpha value is -2.90. The Morgan fingerprint density at radius 1 is 1.15 bits per heavy atom. The van der Waals surface area contributed by atoms with Gasteiger partial charge in [0.15, 0.2) is 5.11 Å². The molecule has 0 aliphatic carbocycles. The van der Waals surface area contributed by atoms with E-state index in [2.05, 4.69) is 15.8 Å². The van der Waals surface area contributed by atoms with Gasteiger partial charge in [-0.1, -0.05) is 48.0 Å². The summed E-state index contributed by atoms with van der Waals surface area (Å²) in [6, 6.07) is 16.7. The summed E-state index contributed by atoms with van der Waals surface area (Å²) >= 11 is 11.3. The van der Waals surface area contributed by atoms with Gasteiger partial charge in [-0.2, -0.15) is 5.10 Å². The van der Waals surface area contributed by atoms with Gasteiger partial charge in [-0.05, 0) is 37.3 Å². The number of nitrogens with one attached hydrogen (secondary N) is 2. The summed E-state index contributed by atoms with van der Waals surface area (Å²) in [6.45, 7) is 1.85. The van der Waals surface area contributed by atoms with Gasteiger partial charge in [-0.25, -0.2) is 4.68 Å². The van der Waals surface area contributed by atoms with Crippen LogP contribution >= 0.6 is 23.8 Å². The fraction of sp³-hybridized carbons (Fsp3) is 0.105. The predicted molar refractivity (Wildman–Crippen MR) is 114 cm³/mol. The Kier molecular flexibility index (Phi) is 5.73. The number of halogens is 1. The number of rotatable bonds is 4. The standard InChI is InChI=1S/C19H18ClN5OS/c1-13-17(18(26)25(24(13)2)15-9-4-3-5-10-15)22-19(27)23-21-12-14-8-6-7-11-16(14)20/h3-12H,1-2H3,(H2,22,23,27). The number of benzene rings is 2. The lowest BCUT2D eigenvalue weighted by atomic mass is 10.2. The van der Waals surface area contributed by atoms with Crippen LogP contribution < -0.4 is 16.3 Å². The number of anilines is 1. The molecule has 0 saturated heterocycles. The zero-order valence-electron chi connectivity index (χ0n) is 14.8. The third-order valence-electron chi connectivity index (χ3n) is 4.07. The molecule has 0 radical (unpaired) electrons. The van der Waals surface area contributed by atoms with Crippen molar-refractivity contribution < 1.29 is 0 Å². The highest BCUT2D eigenvalue weighted by Crippen LogP contribution is 2.14. The van der Waals surface area contributed by atoms with Crippen molar-refractivity contribution in [1.29, 1.82) is 0 Å². The summed E-state index contributed by atoms with van der Waals surface area (Å²) in [5, 5.41) is 7.80. The first-order valence-electron chi connectivity index (χ1n) is 8.17. The smallest absolute Gasteiger partial charge is 0.295 e. The van der Waals surface area contributed by atoms with Crippen LogP contribution in [0.15, 0.2) is 64.5 Å². The molecule has 0 amide bonds. The molecular formula is C19H18ClN5OS. The summed E-state index contributed by atoms with van der Waals surface area (Å²) in [5.74, 6) is 0. The molecule has 2 N–H and O–H groups in total. The molecule has 0 aliphatic rings. The van der Waals surface area contributed by atoms with Gasteiger partial charge in [0.1, 0.15) is 5.69 Å². The molecule has 3 rings (SSSR count). The highest BCUT2D eigenvalue weighted by Gasteiger charge is 2.16. The van der Waals surface area contributed by atoms with E-state index < -0.39 is 0 Å². The van der Waals surface area contributed by atoms with E-state index in [1.54, 1.807) is 21.6 Å². The topological polar surface area (TPSA) is 63.4 Å². The monoisotopic (exact) mass is 399 g/mol. The molecule has 1 heterocycles. The number of hydrazone groups is 1. The van der Waals surface area contributed by atoms with Crippen LogP contribution in [0.4, 0.5) is 5.69 Å². The average Bonchev–Trinajstić information content (AvgIpc) is 2.87. The second kappa shape index (κ2) is 8.20. The first kappa shape index (κ1) is 18.9. The fourth-order valence-electron chi connectivity index (χ4n) is 2.59. The predicted octanol–water partition coefficient (Wildman–Crippen LogP) is 3.46. The number of thiocarbonyl (C=S) groups is 1. The first-order chi connectivity index (χ1) is 13.0. The number of hydrogen-bond donors (Lipinski definition) is 2. The van der Waals surface area contributed by atoms with Crippen molar-refractivity contribution in [3.05, 3.63) is 81.2 Å². The Morgan fingerprint density at radius 3 is 2.52 bits per heavy atom. The first-order valence-corrected chi connectivity index (χ1v) is 8.96. The van der Waals surface area contributed by atoms with Gasteiger partial charge in [-0.3, -0.25) is 14.9 Å². The molecule has 0 saturated carbocycles. The van der Waals surface area contributed by atoms with Gasteiger partial charge in [0.2, 0.25) is 0 Å². The van der Waals surface area contributed by atoms with Crippen LogP contribution in [0.5, 0.6) is 0 Å². The summed E-state index contributed by atoms with van der Waals surface area (Å²) in [4.78, 5) is 12.8. The lowest BCUT2D eigenvalue weighted by molar-refractivity contribution is 0.630. The Balaban J connectivity index is 1.77. The van der Waals surface area contributed by atoms with Gasteiger partial charge in [0.25, 0.3) is 5.56 Å². The van der Waals surface area contributed by atoms with Gasteiger partial charge in [0.05, 0.1) is 17.6 Å². The summed E-state index contributed by atoms with van der Waals surface area (Å²) < 4.78 is 3.35. The third-order valence-corrected chi connectivity index (χ3v) is 4.61. The van der Waals surface area contributed by atoms with Crippen LogP contribution in [0.25, 0.3) is 5.69 Å². The SMILES string of the molecule is Cc1c(NC(=S)NN=Cc2ccccc2Cl)c(=O)n(-c2ccccc2)n1C. The van der Waals surface area contributed by atoms with Crippen molar-refractivity contribution in [3.8, 4) is 5.69 Å². The summed E-state index contributed by atoms with van der Waals surface area (Å²) in [6.07, 6.45) is 1.57. The van der Waals surface area contributed by atoms with Crippen LogP contribution in [0.1, 0.15) is 11.3 Å². The molecule has 8 heteroatoms. The lowest BCUT2D eigenvalue weighted by Crippen LogP contribution is -2.28. The minimum absolute atomic E-state index is 0.194. The van der Waals surface area contributed by atoms with Crippen molar-refractivity contribution in [2.75, 3.05) is 5.32 Å². The zero-order valence-corrected chi connectivity index (χ0v) is 16.4. The normalized spacial score (nSPS) is 10.9. The molecule has 0 atom stereocenters. The Morgan fingerprint density at radius 2 is 1.81 bits per heavy atom. The lowest BCUT2D eigenvalue weighted by Gasteiger charge is -2.07. The quantitative estimate of drug-likeness (QED) is 0.400. The molecule has 2 aromatic carbocycles. The molecule has 0 aliphatic heterocycles. The molecule has 0 unspecified atom stereocenters. The Labute approximate surface area is 167 Å². The second-order valence-corrected chi connectivity index (χ2v) is 6.60. The van der Waals surface area contributed by atoms with Crippen molar-refractivity contribution in [1.82, 2.24) is 14.8 Å². The van der Waals surface area contributed by atoms with Gasteiger partial charge < -0.3 is 5.32 Å². The second-order valence-electron chi connectivity index (χ2n) is 5.78. The van der Waals surface area contributed by atoms with E-state index in [-0.39, 0.29) is 10.7 Å². The molecule has 6 nitrogen and oxygen atoms in total. The molecule has 0 bridgehead atoms. The Bertz CT molecular complexity index is 1060. The third kappa shape index (κ3) is 4.10. The highest BCUT2D eigenvalue weighted by molar-refractivity contribution is 7.80. The van der Waals surface area contributed by atoms with E-state index >= 15 is 0 Å². The van der Waals surface area contributed by atoms with E-state index in [0.717, 1.165) is 16.9 Å². The molecule has 138 valence electrons. The van der Waals surface area contributed by atoms with Gasteiger partial charge in [-0.15, -0.1) is 0 Å². The maximum absolute atomic E-state index is 12.8. The van der Waals surface area contributed by atoms with Crippen molar-refractivity contribution in [2.24, 2.45) is 12.1 Å². The fourth-order valence-corrected chi connectivity index (χ4v) is 2.93. The zero-order chi connectivity index (χ0) is 19.4. The van der Waals surface area contributed by atoms with E-state index in [0.29, 0.717) is 10.7 Å². The molecule has 1 aromatic heterocycles. The van der Waals surface area contributed by atoms with Crippen molar-refractivity contribution in [3.63, 3.8) is 0 Å². The number of hydrogen-bond acceptors (Lipinski definition) is 3. The van der Waals surface area contributed by atoms with Gasteiger partial charge in [0, 0.05) is 17.6 Å². The summed E-state index contributed by atoms with van der Waals surface area (Å²) in [7, 11) is 1.82. The van der Waals surface area contributed by atoms with Crippen molar-refractivity contribution >= 4 is 40.8 Å². The van der Waals surface area contributed by atoms with E-state index in [1.807, 2.05) is 62.5 Å². The maximum Gasteiger partial charge on any atom is 0.295 e. The van der Waals surface area contributed by atoms with E-state index in [4.69, 9.17) is 23.8 Å². The average molecular weight is 400 g/mol. The maximum atomic E-state index is 12.8. The number of nitrogens with zero attached hydrogens (tertiary/aromatic N) is 3. The van der Waals surface area contributed by atoms with E-state index in [1.165, 1.54) is 0 Å². The molecule has 0 fully saturated rings. The number of aromatic nitrogens is 2. The minimum atomic E-state index is -0.194. The van der Waals surface area contributed by atoms with Crippen LogP contribution in [0, 0.1) is 6.92 Å². The van der Waals surface area contributed by atoms with Crippen LogP contribution in [0.3, 0.4) is 0 Å². The van der Waals surface area contributed by atoms with Crippen LogP contribution in [0.2, 0.25) is 5.02 Å². The summed E-state index contributed by atoms with van der Waals surface area (Å²) in [5.41, 5.74) is 5.19.